The lowest BCUT2D eigenvalue weighted by atomic mass is 9.33. The fourth-order valence-electron chi connectivity index (χ4n) is 11.0. The van der Waals surface area contributed by atoms with Gasteiger partial charge in [0.25, 0.3) is 0 Å². The van der Waals surface area contributed by atoms with E-state index in [2.05, 4.69) is 253 Å². The molecule has 1 heterocycles. The van der Waals surface area contributed by atoms with E-state index in [0.29, 0.717) is 17.6 Å². The molecule has 0 fully saturated rings. The molecule has 10 aromatic carbocycles. The summed E-state index contributed by atoms with van der Waals surface area (Å²) in [5.74, 6) is 1.70. The zero-order chi connectivity index (χ0) is 49.3. The highest BCUT2D eigenvalue weighted by Gasteiger charge is 2.31. The molecule has 72 heavy (non-hydrogen) atoms. The van der Waals surface area contributed by atoms with Crippen LogP contribution in [-0.2, 0) is 0 Å². The standard InChI is InChI=1S/C67H55BN4/c1-44-39-46(3)63(47(4)40-44)68(64-48(5)41-45(2)42-49(64)6)61-37-38-62(60-32-19-18-31-59(60)61)72(56-28-20-27-55(43-56)50-21-10-7-11-22-50)67-70-65(53-25-14-9-15-26-53)69-66(71-67)54-35-33-52(34-36-54)58-30-17-16-29-57(58)51-23-12-8-13-24-51/h7-43H,1-6H3. The SMILES string of the molecule is Cc1cc(C)c(B(c2c(C)cc(C)cc2C)c2ccc(N(c3cccc(-c4ccccc4)c3)c3nc(-c4ccccc4)nc(-c4ccc(-c5ccccc5-c5ccccc5)cc4)n3)c3ccccc23)c(C)c1. The molecule has 11 rings (SSSR count). The van der Waals surface area contributed by atoms with Gasteiger partial charge in [0.2, 0.25) is 12.7 Å². The molecule has 0 spiro atoms. The number of hydrogen-bond acceptors (Lipinski definition) is 4. The second-order valence-corrected chi connectivity index (χ2v) is 19.2. The van der Waals surface area contributed by atoms with Gasteiger partial charge < -0.3 is 0 Å². The topological polar surface area (TPSA) is 41.9 Å². The summed E-state index contributed by atoms with van der Waals surface area (Å²) in [6.07, 6.45) is 0. The Morgan fingerprint density at radius 1 is 0.333 bits per heavy atom. The molecule has 11 aromatic rings. The predicted molar refractivity (Wildman–Crippen MR) is 305 cm³/mol. The lowest BCUT2D eigenvalue weighted by Crippen LogP contribution is -2.56. The van der Waals surface area contributed by atoms with Crippen LogP contribution in [0.1, 0.15) is 33.4 Å². The Labute approximate surface area is 424 Å². The van der Waals surface area contributed by atoms with Crippen LogP contribution in [0.3, 0.4) is 0 Å². The zero-order valence-corrected chi connectivity index (χ0v) is 41.7. The van der Waals surface area contributed by atoms with Gasteiger partial charge in [-0.15, -0.1) is 0 Å². The molecule has 0 saturated carbocycles. The molecular weight excluding hydrogens is 872 g/mol. The molecule has 0 N–H and O–H groups in total. The van der Waals surface area contributed by atoms with Crippen LogP contribution in [0.2, 0.25) is 0 Å². The van der Waals surface area contributed by atoms with Crippen molar-refractivity contribution in [3.8, 4) is 56.2 Å². The lowest BCUT2D eigenvalue weighted by Gasteiger charge is -2.29. The Balaban J connectivity index is 1.14. The van der Waals surface area contributed by atoms with E-state index in [4.69, 9.17) is 15.0 Å². The third-order valence-corrected chi connectivity index (χ3v) is 14.1. The quantitative estimate of drug-likeness (QED) is 0.121. The summed E-state index contributed by atoms with van der Waals surface area (Å²) in [5.41, 5.74) is 22.3. The van der Waals surface area contributed by atoms with Crippen molar-refractivity contribution in [2.75, 3.05) is 4.90 Å². The van der Waals surface area contributed by atoms with Gasteiger partial charge in [0.05, 0.1) is 5.69 Å². The minimum absolute atomic E-state index is 0.0175. The summed E-state index contributed by atoms with van der Waals surface area (Å²) in [4.78, 5) is 18.4. The Hall–Kier alpha value is -8.67. The van der Waals surface area contributed by atoms with E-state index in [0.717, 1.165) is 44.6 Å². The third kappa shape index (κ3) is 8.91. The molecule has 0 aliphatic rings. The maximum absolute atomic E-state index is 5.48. The Bertz CT molecular complexity index is 3650. The van der Waals surface area contributed by atoms with Crippen LogP contribution >= 0.6 is 0 Å². The molecule has 0 aliphatic heterocycles. The summed E-state index contributed by atoms with van der Waals surface area (Å²) in [5, 5.41) is 2.27. The van der Waals surface area contributed by atoms with Crippen molar-refractivity contribution in [2.24, 2.45) is 0 Å². The molecular formula is C67H55BN4. The first-order valence-electron chi connectivity index (χ1n) is 24.9. The molecule has 0 unspecified atom stereocenters. The van der Waals surface area contributed by atoms with Crippen molar-refractivity contribution in [3.05, 3.63) is 258 Å². The summed E-state index contributed by atoms with van der Waals surface area (Å²) >= 11 is 0. The van der Waals surface area contributed by atoms with Gasteiger partial charge in [-0.05, 0) is 98.5 Å². The van der Waals surface area contributed by atoms with E-state index >= 15 is 0 Å². The second-order valence-electron chi connectivity index (χ2n) is 19.2. The van der Waals surface area contributed by atoms with Gasteiger partial charge in [-0.25, -0.2) is 4.98 Å². The smallest absolute Gasteiger partial charge is 0.243 e. The van der Waals surface area contributed by atoms with E-state index in [-0.39, 0.29) is 6.71 Å². The fraction of sp³-hybridized carbons (Fsp3) is 0.0896. The van der Waals surface area contributed by atoms with Crippen LogP contribution in [-0.4, -0.2) is 21.7 Å². The average Bonchev–Trinajstić information content (AvgIpc) is 3.41. The highest BCUT2D eigenvalue weighted by atomic mass is 15.3. The number of aromatic nitrogens is 3. The van der Waals surface area contributed by atoms with E-state index in [1.165, 1.54) is 71.8 Å². The van der Waals surface area contributed by atoms with Crippen LogP contribution < -0.4 is 21.3 Å². The van der Waals surface area contributed by atoms with Gasteiger partial charge in [0.1, 0.15) is 0 Å². The summed E-state index contributed by atoms with van der Waals surface area (Å²) in [7, 11) is 0. The maximum atomic E-state index is 5.48. The van der Waals surface area contributed by atoms with Gasteiger partial charge in [0, 0.05) is 22.2 Å². The summed E-state index contributed by atoms with van der Waals surface area (Å²) in [6, 6.07) is 80.2. The highest BCUT2D eigenvalue weighted by Crippen LogP contribution is 2.40. The van der Waals surface area contributed by atoms with E-state index in [1.807, 2.05) is 18.2 Å². The molecule has 0 saturated heterocycles. The van der Waals surface area contributed by atoms with Crippen molar-refractivity contribution in [1.82, 2.24) is 15.0 Å². The number of benzene rings is 10. The van der Waals surface area contributed by atoms with Gasteiger partial charge >= 0.3 is 0 Å². The normalized spacial score (nSPS) is 11.2. The van der Waals surface area contributed by atoms with Crippen molar-refractivity contribution in [3.63, 3.8) is 0 Å². The number of hydrogen-bond donors (Lipinski definition) is 0. The molecule has 0 radical (unpaired) electrons. The monoisotopic (exact) mass is 926 g/mol. The minimum Gasteiger partial charge on any atom is -0.278 e. The van der Waals surface area contributed by atoms with E-state index < -0.39 is 0 Å². The summed E-state index contributed by atoms with van der Waals surface area (Å²) < 4.78 is 0. The molecule has 4 nitrogen and oxygen atoms in total. The Kier molecular flexibility index (Phi) is 12.5. The Morgan fingerprint density at radius 2 is 0.764 bits per heavy atom. The molecule has 1 aromatic heterocycles. The Morgan fingerprint density at radius 3 is 1.32 bits per heavy atom. The first-order chi connectivity index (χ1) is 35.2. The van der Waals surface area contributed by atoms with E-state index in [9.17, 15) is 0 Å². The highest BCUT2D eigenvalue weighted by molar-refractivity contribution is 6.98. The first-order valence-corrected chi connectivity index (χ1v) is 24.9. The second kappa shape index (κ2) is 19.6. The number of fused-ring (bicyclic) bond motifs is 1. The van der Waals surface area contributed by atoms with Gasteiger partial charge in [-0.2, -0.15) is 9.97 Å². The largest absolute Gasteiger partial charge is 0.278 e. The predicted octanol–water partition coefficient (Wildman–Crippen LogP) is 15.2. The number of aryl methyl sites for hydroxylation is 6. The first kappa shape index (κ1) is 45.8. The molecule has 346 valence electrons. The van der Waals surface area contributed by atoms with Crippen LogP contribution in [0.15, 0.2) is 224 Å². The fourth-order valence-corrected chi connectivity index (χ4v) is 11.0. The van der Waals surface area contributed by atoms with Crippen molar-refractivity contribution < 1.29 is 0 Å². The third-order valence-electron chi connectivity index (χ3n) is 14.1. The maximum Gasteiger partial charge on any atom is 0.243 e. The van der Waals surface area contributed by atoms with Gasteiger partial charge in [-0.1, -0.05) is 256 Å². The van der Waals surface area contributed by atoms with Crippen LogP contribution in [0.5, 0.6) is 0 Å². The summed E-state index contributed by atoms with van der Waals surface area (Å²) in [6.45, 7) is 13.5. The molecule has 5 heteroatoms. The number of nitrogens with zero attached hydrogens (tertiary/aromatic N) is 4. The molecule has 0 atom stereocenters. The minimum atomic E-state index is -0.0175. The van der Waals surface area contributed by atoms with Crippen molar-refractivity contribution in [2.45, 2.75) is 41.5 Å². The number of rotatable bonds is 11. The van der Waals surface area contributed by atoms with E-state index in [1.54, 1.807) is 0 Å². The molecule has 0 bridgehead atoms. The van der Waals surface area contributed by atoms with Crippen LogP contribution in [0.25, 0.3) is 66.9 Å². The number of anilines is 3. The molecule has 0 amide bonds. The molecule has 0 aliphatic carbocycles. The zero-order valence-electron chi connectivity index (χ0n) is 41.7. The average molecular weight is 927 g/mol. The van der Waals surface area contributed by atoms with Gasteiger partial charge in [0.15, 0.2) is 11.6 Å². The lowest BCUT2D eigenvalue weighted by molar-refractivity contribution is 1.02. The van der Waals surface area contributed by atoms with Crippen molar-refractivity contribution in [1.29, 1.82) is 0 Å². The van der Waals surface area contributed by atoms with Crippen LogP contribution in [0, 0.1) is 41.5 Å². The van der Waals surface area contributed by atoms with Crippen molar-refractivity contribution >= 4 is 51.2 Å². The van der Waals surface area contributed by atoms with Gasteiger partial charge in [-0.3, -0.25) is 4.90 Å². The van der Waals surface area contributed by atoms with Crippen LogP contribution in [0.4, 0.5) is 17.3 Å².